The molecule has 0 amide bonds. The molecule has 11 heavy (non-hydrogen) atoms. The van der Waals surface area contributed by atoms with Crippen LogP contribution in [-0.4, -0.2) is 6.26 Å². The van der Waals surface area contributed by atoms with Crippen molar-refractivity contribution in [3.05, 3.63) is 11.5 Å². The maximum absolute atomic E-state index is 3.96. The van der Waals surface area contributed by atoms with Crippen LogP contribution in [0.15, 0.2) is 11.5 Å². The molecule has 0 aromatic rings. The molecule has 0 aliphatic rings. The molecule has 1 heteroatoms. The summed E-state index contributed by atoms with van der Waals surface area (Å²) >= 11 is 1.79. The molecule has 0 fully saturated rings. The Morgan fingerprint density at radius 1 is 1.55 bits per heavy atom. The van der Waals surface area contributed by atoms with Crippen LogP contribution in [-0.2, 0) is 0 Å². The summed E-state index contributed by atoms with van der Waals surface area (Å²) in [5, 5.41) is 0. The molecule has 66 valence electrons. The van der Waals surface area contributed by atoms with Crippen LogP contribution in [0.4, 0.5) is 0 Å². The Bertz CT molecular complexity index is 107. The molecule has 0 N–H and O–H groups in total. The molecule has 0 aliphatic heterocycles. The van der Waals surface area contributed by atoms with Gasteiger partial charge in [-0.2, -0.15) is 0 Å². The molecule has 0 radical (unpaired) electrons. The lowest BCUT2D eigenvalue weighted by atomic mass is 10.0. The van der Waals surface area contributed by atoms with Crippen molar-refractivity contribution in [1.29, 1.82) is 0 Å². The van der Waals surface area contributed by atoms with Gasteiger partial charge in [-0.3, -0.25) is 0 Å². The van der Waals surface area contributed by atoms with E-state index in [1.165, 1.54) is 30.6 Å². The van der Waals surface area contributed by atoms with Gasteiger partial charge in [-0.15, -0.1) is 11.8 Å². The highest BCUT2D eigenvalue weighted by Gasteiger charge is 1.98. The highest BCUT2D eigenvalue weighted by atomic mass is 32.2. The van der Waals surface area contributed by atoms with Gasteiger partial charge < -0.3 is 0 Å². The van der Waals surface area contributed by atoms with Crippen molar-refractivity contribution in [2.24, 2.45) is 5.92 Å². The van der Waals surface area contributed by atoms with Gasteiger partial charge in [0.15, 0.2) is 0 Å². The lowest BCUT2D eigenvalue weighted by Gasteiger charge is -2.07. The van der Waals surface area contributed by atoms with Crippen LogP contribution in [0.3, 0.4) is 0 Å². The fourth-order valence-corrected chi connectivity index (χ4v) is 1.30. The van der Waals surface area contributed by atoms with Crippen molar-refractivity contribution in [1.82, 2.24) is 0 Å². The first kappa shape index (κ1) is 11.1. The molecule has 0 aliphatic carbocycles. The first-order chi connectivity index (χ1) is 5.20. The molecule has 0 saturated heterocycles. The Morgan fingerprint density at radius 2 is 2.18 bits per heavy atom. The standard InChI is InChI=1S/C10H20S/c1-5-9(2)7-6-8-10(3)11-4/h9H,3,5-8H2,1-2,4H3. The van der Waals surface area contributed by atoms with Crippen molar-refractivity contribution < 1.29 is 0 Å². The second-order valence-electron chi connectivity index (χ2n) is 3.15. The largest absolute Gasteiger partial charge is 0.135 e. The molecular weight excluding hydrogens is 152 g/mol. The molecule has 0 rings (SSSR count). The first-order valence-electron chi connectivity index (χ1n) is 4.42. The van der Waals surface area contributed by atoms with E-state index in [2.05, 4.69) is 26.7 Å². The average molecular weight is 172 g/mol. The number of thioether (sulfide) groups is 1. The second kappa shape index (κ2) is 6.78. The lowest BCUT2D eigenvalue weighted by Crippen LogP contribution is -1.91. The number of allylic oxidation sites excluding steroid dienone is 1. The minimum Gasteiger partial charge on any atom is -0.135 e. The zero-order valence-electron chi connectivity index (χ0n) is 8.02. The molecule has 0 spiro atoms. The zero-order valence-corrected chi connectivity index (χ0v) is 8.84. The van der Waals surface area contributed by atoms with E-state index in [-0.39, 0.29) is 0 Å². The summed E-state index contributed by atoms with van der Waals surface area (Å²) in [5.41, 5.74) is 0. The molecular formula is C10H20S. The average Bonchev–Trinajstić information content (AvgIpc) is 2.04. The highest BCUT2D eigenvalue weighted by molar-refractivity contribution is 8.02. The van der Waals surface area contributed by atoms with Crippen molar-refractivity contribution in [3.8, 4) is 0 Å². The third kappa shape index (κ3) is 6.49. The third-order valence-corrected chi connectivity index (χ3v) is 2.92. The molecule has 0 nitrogen and oxygen atoms in total. The molecule has 0 heterocycles. The monoisotopic (exact) mass is 172 g/mol. The Morgan fingerprint density at radius 3 is 2.64 bits per heavy atom. The predicted octanol–water partition coefficient (Wildman–Crippen LogP) is 4.08. The normalized spacial score (nSPS) is 13.0. The van der Waals surface area contributed by atoms with Crippen LogP contribution in [0.2, 0.25) is 0 Å². The van der Waals surface area contributed by atoms with Gasteiger partial charge in [-0.05, 0) is 29.9 Å². The summed E-state index contributed by atoms with van der Waals surface area (Å²) in [6.45, 7) is 8.54. The summed E-state index contributed by atoms with van der Waals surface area (Å²) in [4.78, 5) is 1.33. The van der Waals surface area contributed by atoms with E-state index >= 15 is 0 Å². The fraction of sp³-hybridized carbons (Fsp3) is 0.800. The van der Waals surface area contributed by atoms with Gasteiger partial charge in [0.05, 0.1) is 0 Å². The third-order valence-electron chi connectivity index (χ3n) is 2.14. The summed E-state index contributed by atoms with van der Waals surface area (Å²) < 4.78 is 0. The van der Waals surface area contributed by atoms with Crippen LogP contribution in [0.25, 0.3) is 0 Å². The van der Waals surface area contributed by atoms with Crippen molar-refractivity contribution in [3.63, 3.8) is 0 Å². The van der Waals surface area contributed by atoms with Crippen LogP contribution in [0.5, 0.6) is 0 Å². The van der Waals surface area contributed by atoms with Gasteiger partial charge >= 0.3 is 0 Å². The fourth-order valence-electron chi connectivity index (χ4n) is 0.954. The van der Waals surface area contributed by atoms with Crippen LogP contribution in [0, 0.1) is 5.92 Å². The summed E-state index contributed by atoms with van der Waals surface area (Å²) in [5.74, 6) is 0.893. The van der Waals surface area contributed by atoms with Gasteiger partial charge in [0.2, 0.25) is 0 Å². The van der Waals surface area contributed by atoms with Gasteiger partial charge in [0, 0.05) is 0 Å². The van der Waals surface area contributed by atoms with E-state index < -0.39 is 0 Å². The molecule has 1 atom stereocenters. The van der Waals surface area contributed by atoms with E-state index in [1.807, 2.05) is 0 Å². The van der Waals surface area contributed by atoms with Crippen LogP contribution >= 0.6 is 11.8 Å². The maximum atomic E-state index is 3.96. The van der Waals surface area contributed by atoms with E-state index in [4.69, 9.17) is 0 Å². The van der Waals surface area contributed by atoms with Gasteiger partial charge in [-0.25, -0.2) is 0 Å². The topological polar surface area (TPSA) is 0 Å². The summed E-state index contributed by atoms with van der Waals surface area (Å²) in [6, 6.07) is 0. The Hall–Kier alpha value is 0.0900. The number of rotatable bonds is 6. The van der Waals surface area contributed by atoms with Crippen LogP contribution in [0.1, 0.15) is 39.5 Å². The van der Waals surface area contributed by atoms with Crippen molar-refractivity contribution in [2.45, 2.75) is 39.5 Å². The zero-order chi connectivity index (χ0) is 8.69. The summed E-state index contributed by atoms with van der Waals surface area (Å²) in [6.07, 6.45) is 7.29. The van der Waals surface area contributed by atoms with E-state index in [0.29, 0.717) is 0 Å². The van der Waals surface area contributed by atoms with Crippen molar-refractivity contribution in [2.75, 3.05) is 6.26 Å². The quantitative estimate of drug-likeness (QED) is 0.582. The molecule has 1 unspecified atom stereocenters. The van der Waals surface area contributed by atoms with Crippen LogP contribution < -0.4 is 0 Å². The summed E-state index contributed by atoms with van der Waals surface area (Å²) in [7, 11) is 0. The molecule has 0 aromatic heterocycles. The van der Waals surface area contributed by atoms with Gasteiger partial charge in [0.25, 0.3) is 0 Å². The van der Waals surface area contributed by atoms with E-state index in [0.717, 1.165) is 5.92 Å². The second-order valence-corrected chi connectivity index (χ2v) is 4.13. The smallest absolute Gasteiger partial charge is 0.0140 e. The van der Waals surface area contributed by atoms with Crippen molar-refractivity contribution >= 4 is 11.8 Å². The first-order valence-corrected chi connectivity index (χ1v) is 5.65. The highest BCUT2D eigenvalue weighted by Crippen LogP contribution is 2.19. The van der Waals surface area contributed by atoms with Gasteiger partial charge in [0.1, 0.15) is 0 Å². The number of hydrogen-bond donors (Lipinski definition) is 0. The Kier molecular flexibility index (Phi) is 6.83. The van der Waals surface area contributed by atoms with E-state index in [1.54, 1.807) is 11.8 Å². The predicted molar refractivity (Wildman–Crippen MR) is 56.0 cm³/mol. The van der Waals surface area contributed by atoms with E-state index in [9.17, 15) is 0 Å². The maximum Gasteiger partial charge on any atom is -0.0140 e. The molecule has 0 bridgehead atoms. The van der Waals surface area contributed by atoms with Gasteiger partial charge in [-0.1, -0.05) is 33.3 Å². The molecule has 0 aromatic carbocycles. The SMILES string of the molecule is C=C(CCCC(C)CC)SC. The lowest BCUT2D eigenvalue weighted by molar-refractivity contribution is 0.497. The minimum atomic E-state index is 0.893. The Balaban J connectivity index is 3.20. The number of hydrogen-bond acceptors (Lipinski definition) is 1. The molecule has 0 saturated carbocycles. The Labute approximate surface area is 75.5 Å². The minimum absolute atomic E-state index is 0.893.